The van der Waals surface area contributed by atoms with Crippen molar-refractivity contribution in [2.24, 2.45) is 0 Å². The molecule has 1 fully saturated rings. The number of nitrogens with zero attached hydrogens (tertiary/aromatic N) is 2. The maximum atomic E-state index is 12.4. The fourth-order valence-electron chi connectivity index (χ4n) is 2.64. The third-order valence-electron chi connectivity index (χ3n) is 4.03. The van der Waals surface area contributed by atoms with Gasteiger partial charge >= 0.3 is 0 Å². The molecule has 1 aromatic carbocycles. The average Bonchev–Trinajstić information content (AvgIpc) is 3.05. The van der Waals surface area contributed by atoms with Crippen LogP contribution < -0.4 is 5.32 Å². The lowest BCUT2D eigenvalue weighted by Gasteiger charge is -2.26. The highest BCUT2D eigenvalue weighted by molar-refractivity contribution is 7.89. The molecule has 1 saturated heterocycles. The summed E-state index contributed by atoms with van der Waals surface area (Å²) in [5.74, 6) is -0.415. The first-order chi connectivity index (χ1) is 12.5. The predicted octanol–water partition coefficient (Wildman–Crippen LogP) is 1.51. The number of aryl methyl sites for hydroxylation is 1. The highest BCUT2D eigenvalue weighted by Crippen LogP contribution is 2.27. The van der Waals surface area contributed by atoms with Gasteiger partial charge in [0.15, 0.2) is 0 Å². The smallest absolute Gasteiger partial charge is 0.263 e. The molecule has 2 heterocycles. The SMILES string of the molecule is Cc1nc(-c2ccccc2)sc1C(=O)NCCS(=O)(=O)N1CCOCC1. The standard InChI is InChI=1S/C17H21N3O4S2/c1-13-15(25-17(19-13)14-5-3-2-4-6-14)16(21)18-7-12-26(22,23)20-8-10-24-11-9-20/h2-6H,7-12H2,1H3,(H,18,21). The molecule has 9 heteroatoms. The van der Waals surface area contributed by atoms with Crippen molar-refractivity contribution in [1.29, 1.82) is 0 Å². The number of benzene rings is 1. The number of aromatic nitrogens is 1. The van der Waals surface area contributed by atoms with Crippen LogP contribution in [-0.4, -0.2) is 62.2 Å². The van der Waals surface area contributed by atoms with Crippen molar-refractivity contribution in [1.82, 2.24) is 14.6 Å². The number of thiazole rings is 1. The Balaban J connectivity index is 1.59. The second-order valence-corrected chi connectivity index (χ2v) is 8.97. The number of sulfonamides is 1. The monoisotopic (exact) mass is 395 g/mol. The van der Waals surface area contributed by atoms with Crippen LogP contribution in [0.5, 0.6) is 0 Å². The molecule has 1 aliphatic rings. The van der Waals surface area contributed by atoms with E-state index in [2.05, 4.69) is 10.3 Å². The molecule has 26 heavy (non-hydrogen) atoms. The molecule has 1 amide bonds. The van der Waals surface area contributed by atoms with E-state index in [4.69, 9.17) is 4.74 Å². The molecular formula is C17H21N3O4S2. The lowest BCUT2D eigenvalue weighted by Crippen LogP contribution is -2.43. The van der Waals surface area contributed by atoms with Crippen molar-refractivity contribution in [2.45, 2.75) is 6.92 Å². The molecule has 0 atom stereocenters. The van der Waals surface area contributed by atoms with Crippen molar-refractivity contribution in [2.75, 3.05) is 38.6 Å². The first kappa shape index (κ1) is 19.0. The zero-order chi connectivity index (χ0) is 18.6. The minimum Gasteiger partial charge on any atom is -0.379 e. The van der Waals surface area contributed by atoms with Gasteiger partial charge in [0.25, 0.3) is 5.91 Å². The number of hydrogen-bond acceptors (Lipinski definition) is 6. The van der Waals surface area contributed by atoms with E-state index in [0.717, 1.165) is 10.6 Å². The van der Waals surface area contributed by atoms with Gasteiger partial charge in [-0.15, -0.1) is 11.3 Å². The molecule has 1 aliphatic heterocycles. The quantitative estimate of drug-likeness (QED) is 0.801. The van der Waals surface area contributed by atoms with Crippen LogP contribution in [-0.2, 0) is 14.8 Å². The van der Waals surface area contributed by atoms with E-state index in [1.54, 1.807) is 6.92 Å². The number of carbonyl (C=O) groups is 1. The van der Waals surface area contributed by atoms with Crippen molar-refractivity contribution < 1.29 is 17.9 Å². The fourth-order valence-corrected chi connectivity index (χ4v) is 4.95. The number of rotatable bonds is 6. The first-order valence-corrected chi connectivity index (χ1v) is 10.8. The molecular weight excluding hydrogens is 374 g/mol. The molecule has 2 aromatic rings. The van der Waals surface area contributed by atoms with E-state index in [-0.39, 0.29) is 18.2 Å². The molecule has 1 N–H and O–H groups in total. The summed E-state index contributed by atoms with van der Waals surface area (Å²) >= 11 is 1.31. The summed E-state index contributed by atoms with van der Waals surface area (Å²) in [4.78, 5) is 17.4. The van der Waals surface area contributed by atoms with Crippen LogP contribution in [0.25, 0.3) is 10.6 Å². The topological polar surface area (TPSA) is 88.6 Å². The van der Waals surface area contributed by atoms with E-state index < -0.39 is 10.0 Å². The normalized spacial score (nSPS) is 15.7. The van der Waals surface area contributed by atoms with Crippen molar-refractivity contribution >= 4 is 27.3 Å². The molecule has 0 saturated carbocycles. The summed E-state index contributed by atoms with van der Waals surface area (Å²) in [6.07, 6.45) is 0. The van der Waals surface area contributed by atoms with E-state index >= 15 is 0 Å². The van der Waals surface area contributed by atoms with Gasteiger partial charge in [-0.1, -0.05) is 30.3 Å². The molecule has 0 radical (unpaired) electrons. The zero-order valence-electron chi connectivity index (χ0n) is 14.5. The lowest BCUT2D eigenvalue weighted by atomic mass is 10.2. The Bertz CT molecular complexity index is 859. The van der Waals surface area contributed by atoms with Gasteiger partial charge in [0.1, 0.15) is 9.88 Å². The maximum Gasteiger partial charge on any atom is 0.263 e. The summed E-state index contributed by atoms with van der Waals surface area (Å²) in [5.41, 5.74) is 1.59. The number of carbonyl (C=O) groups excluding carboxylic acids is 1. The van der Waals surface area contributed by atoms with E-state index in [1.807, 2.05) is 30.3 Å². The molecule has 0 unspecified atom stereocenters. The Morgan fingerprint density at radius 2 is 1.96 bits per heavy atom. The van der Waals surface area contributed by atoms with Crippen LogP contribution >= 0.6 is 11.3 Å². The molecule has 1 aromatic heterocycles. The summed E-state index contributed by atoms with van der Waals surface area (Å²) in [6.45, 7) is 3.40. The van der Waals surface area contributed by atoms with Crippen molar-refractivity contribution in [3.05, 3.63) is 40.9 Å². The van der Waals surface area contributed by atoms with Gasteiger partial charge in [-0.25, -0.2) is 13.4 Å². The molecule has 0 aliphatic carbocycles. The number of amides is 1. The summed E-state index contributed by atoms with van der Waals surface area (Å²) < 4.78 is 31.1. The van der Waals surface area contributed by atoms with Crippen LogP contribution in [0.2, 0.25) is 0 Å². The largest absolute Gasteiger partial charge is 0.379 e. The molecule has 3 rings (SSSR count). The van der Waals surface area contributed by atoms with Crippen LogP contribution in [0.4, 0.5) is 0 Å². The molecule has 140 valence electrons. The maximum absolute atomic E-state index is 12.4. The summed E-state index contributed by atoms with van der Waals surface area (Å²) in [5, 5.41) is 3.47. The van der Waals surface area contributed by atoms with E-state index in [0.29, 0.717) is 36.9 Å². The Labute approximate surface area is 157 Å². The Kier molecular flexibility index (Phi) is 6.02. The average molecular weight is 396 g/mol. The third-order valence-corrected chi connectivity index (χ3v) is 7.11. The Morgan fingerprint density at radius 3 is 2.65 bits per heavy atom. The van der Waals surface area contributed by atoms with Gasteiger partial charge in [-0.2, -0.15) is 4.31 Å². The predicted molar refractivity (Wildman–Crippen MR) is 101 cm³/mol. The third kappa shape index (κ3) is 4.47. The number of hydrogen-bond donors (Lipinski definition) is 1. The zero-order valence-corrected chi connectivity index (χ0v) is 16.1. The lowest BCUT2D eigenvalue weighted by molar-refractivity contribution is 0.0730. The van der Waals surface area contributed by atoms with Crippen molar-refractivity contribution in [3.63, 3.8) is 0 Å². The second kappa shape index (κ2) is 8.26. The van der Waals surface area contributed by atoms with Gasteiger partial charge in [0.2, 0.25) is 10.0 Å². The Morgan fingerprint density at radius 1 is 1.27 bits per heavy atom. The number of morpholine rings is 1. The summed E-state index contributed by atoms with van der Waals surface area (Å²) in [7, 11) is -3.38. The van der Waals surface area contributed by atoms with Crippen LogP contribution in [0, 0.1) is 6.92 Å². The molecule has 0 bridgehead atoms. The van der Waals surface area contributed by atoms with Gasteiger partial charge < -0.3 is 10.1 Å². The number of nitrogens with one attached hydrogen (secondary N) is 1. The Hall–Kier alpha value is -1.81. The fraction of sp³-hybridized carbons (Fsp3) is 0.412. The minimum atomic E-state index is -3.38. The highest BCUT2D eigenvalue weighted by atomic mass is 32.2. The van der Waals surface area contributed by atoms with E-state index in [9.17, 15) is 13.2 Å². The highest BCUT2D eigenvalue weighted by Gasteiger charge is 2.24. The molecule has 0 spiro atoms. The second-order valence-electron chi connectivity index (χ2n) is 5.88. The van der Waals surface area contributed by atoms with Gasteiger partial charge in [-0.05, 0) is 6.92 Å². The number of ether oxygens (including phenoxy) is 1. The van der Waals surface area contributed by atoms with Gasteiger partial charge in [0.05, 0.1) is 24.7 Å². The van der Waals surface area contributed by atoms with Crippen molar-refractivity contribution in [3.8, 4) is 10.6 Å². The van der Waals surface area contributed by atoms with Crippen LogP contribution in [0.3, 0.4) is 0 Å². The van der Waals surface area contributed by atoms with Gasteiger partial charge in [0, 0.05) is 25.2 Å². The van der Waals surface area contributed by atoms with E-state index in [1.165, 1.54) is 15.6 Å². The van der Waals surface area contributed by atoms with Crippen LogP contribution in [0.15, 0.2) is 30.3 Å². The van der Waals surface area contributed by atoms with Gasteiger partial charge in [-0.3, -0.25) is 4.79 Å². The minimum absolute atomic E-state index is 0.0660. The summed E-state index contributed by atoms with van der Waals surface area (Å²) in [6, 6.07) is 9.64. The van der Waals surface area contributed by atoms with Crippen LogP contribution in [0.1, 0.15) is 15.4 Å². The first-order valence-electron chi connectivity index (χ1n) is 8.34. The molecule has 7 nitrogen and oxygen atoms in total.